The van der Waals surface area contributed by atoms with E-state index >= 15 is 0 Å². The van der Waals surface area contributed by atoms with E-state index in [4.69, 9.17) is 11.6 Å². The maximum atomic E-state index is 6.08. The van der Waals surface area contributed by atoms with E-state index in [2.05, 4.69) is 27.0 Å². The normalized spacial score (nSPS) is 10.4. The van der Waals surface area contributed by atoms with E-state index in [0.29, 0.717) is 0 Å². The molecule has 1 nitrogen and oxygen atoms in total. The van der Waals surface area contributed by atoms with Gasteiger partial charge in [0.05, 0.1) is 0 Å². The van der Waals surface area contributed by atoms with Gasteiger partial charge in [0.1, 0.15) is 0 Å². The number of aromatic nitrogens is 1. The molecule has 0 saturated carbocycles. The molecular formula is C13H11BrClN. The highest BCUT2D eigenvalue weighted by molar-refractivity contribution is 9.10. The van der Waals surface area contributed by atoms with E-state index in [0.717, 1.165) is 27.2 Å². The van der Waals surface area contributed by atoms with Crippen molar-refractivity contribution < 1.29 is 0 Å². The molecule has 1 heterocycles. The molecule has 2 aromatic rings. The minimum atomic E-state index is 0.805. The van der Waals surface area contributed by atoms with E-state index < -0.39 is 0 Å². The van der Waals surface area contributed by atoms with Crippen LogP contribution in [0, 0.1) is 6.92 Å². The molecule has 16 heavy (non-hydrogen) atoms. The minimum Gasteiger partial charge on any atom is -0.261 e. The fourth-order valence-corrected chi connectivity index (χ4v) is 2.09. The number of nitrogens with zero attached hydrogens (tertiary/aromatic N) is 1. The van der Waals surface area contributed by atoms with E-state index in [1.54, 1.807) is 6.20 Å². The molecule has 0 amide bonds. The van der Waals surface area contributed by atoms with Crippen LogP contribution in [0.3, 0.4) is 0 Å². The average molecular weight is 297 g/mol. The van der Waals surface area contributed by atoms with Gasteiger partial charge in [-0.1, -0.05) is 39.7 Å². The fraction of sp³-hybridized carbons (Fsp3) is 0.154. The van der Waals surface area contributed by atoms with Gasteiger partial charge >= 0.3 is 0 Å². The van der Waals surface area contributed by atoms with Crippen molar-refractivity contribution in [1.82, 2.24) is 4.98 Å². The van der Waals surface area contributed by atoms with Gasteiger partial charge in [0, 0.05) is 27.8 Å². The molecular weight excluding hydrogens is 286 g/mol. The highest BCUT2D eigenvalue weighted by Gasteiger charge is 2.01. The lowest BCUT2D eigenvalue weighted by atomic mass is 10.1. The van der Waals surface area contributed by atoms with Crippen LogP contribution in [0.1, 0.15) is 16.8 Å². The van der Waals surface area contributed by atoms with Crippen molar-refractivity contribution in [3.63, 3.8) is 0 Å². The predicted molar refractivity (Wildman–Crippen MR) is 70.9 cm³/mol. The third-order valence-electron chi connectivity index (χ3n) is 2.40. The summed E-state index contributed by atoms with van der Waals surface area (Å²) in [5.74, 6) is 0. The van der Waals surface area contributed by atoms with E-state index in [1.807, 2.05) is 31.2 Å². The summed E-state index contributed by atoms with van der Waals surface area (Å²) in [4.78, 5) is 4.31. The smallest absolute Gasteiger partial charge is 0.0458 e. The molecule has 0 spiro atoms. The van der Waals surface area contributed by atoms with Crippen molar-refractivity contribution in [1.29, 1.82) is 0 Å². The zero-order chi connectivity index (χ0) is 11.5. The summed E-state index contributed by atoms with van der Waals surface area (Å²) in [6.45, 7) is 2.00. The molecule has 0 unspecified atom stereocenters. The summed E-state index contributed by atoms with van der Waals surface area (Å²) < 4.78 is 1.05. The first-order valence-electron chi connectivity index (χ1n) is 5.00. The predicted octanol–water partition coefficient (Wildman–Crippen LogP) is 4.40. The van der Waals surface area contributed by atoms with Crippen LogP contribution in [-0.2, 0) is 6.42 Å². The molecule has 0 fully saturated rings. The second kappa shape index (κ2) is 4.98. The largest absolute Gasteiger partial charge is 0.261 e. The monoisotopic (exact) mass is 295 g/mol. The highest BCUT2D eigenvalue weighted by atomic mass is 79.9. The molecule has 0 atom stereocenters. The van der Waals surface area contributed by atoms with Gasteiger partial charge in [-0.2, -0.15) is 0 Å². The highest BCUT2D eigenvalue weighted by Crippen LogP contribution is 2.19. The topological polar surface area (TPSA) is 12.9 Å². The Labute approximate surface area is 109 Å². The van der Waals surface area contributed by atoms with E-state index in [-0.39, 0.29) is 0 Å². The lowest BCUT2D eigenvalue weighted by Crippen LogP contribution is -1.92. The van der Waals surface area contributed by atoms with Gasteiger partial charge in [0.15, 0.2) is 0 Å². The number of hydrogen-bond donors (Lipinski definition) is 0. The van der Waals surface area contributed by atoms with Crippen LogP contribution in [0.2, 0.25) is 5.02 Å². The molecule has 0 N–H and O–H groups in total. The average Bonchev–Trinajstić information content (AvgIpc) is 2.24. The SMILES string of the molecule is Cc1ccc(Cc2cc(Br)ccn2)cc1Cl. The third kappa shape index (κ3) is 2.83. The summed E-state index contributed by atoms with van der Waals surface area (Å²) >= 11 is 9.52. The number of pyridine rings is 1. The summed E-state index contributed by atoms with van der Waals surface area (Å²) in [6.07, 6.45) is 2.61. The second-order valence-corrected chi connectivity index (χ2v) is 5.05. The zero-order valence-electron chi connectivity index (χ0n) is 8.87. The van der Waals surface area contributed by atoms with Crippen molar-refractivity contribution in [2.45, 2.75) is 13.3 Å². The van der Waals surface area contributed by atoms with Crippen molar-refractivity contribution in [3.05, 3.63) is 62.8 Å². The lowest BCUT2D eigenvalue weighted by molar-refractivity contribution is 1.07. The lowest BCUT2D eigenvalue weighted by Gasteiger charge is -2.04. The first kappa shape index (κ1) is 11.6. The van der Waals surface area contributed by atoms with Gasteiger partial charge in [-0.3, -0.25) is 4.98 Å². The standard InChI is InChI=1S/C13H11BrClN/c1-9-2-3-10(7-13(9)15)6-12-8-11(14)4-5-16-12/h2-5,7-8H,6H2,1H3. The number of rotatable bonds is 2. The molecule has 0 aliphatic carbocycles. The quantitative estimate of drug-likeness (QED) is 0.800. The van der Waals surface area contributed by atoms with E-state index in [9.17, 15) is 0 Å². The van der Waals surface area contributed by atoms with Gasteiger partial charge in [-0.05, 0) is 36.2 Å². The zero-order valence-corrected chi connectivity index (χ0v) is 11.2. The van der Waals surface area contributed by atoms with Gasteiger partial charge in [0.2, 0.25) is 0 Å². The Bertz CT molecular complexity index is 511. The van der Waals surface area contributed by atoms with Crippen molar-refractivity contribution in [2.24, 2.45) is 0 Å². The van der Waals surface area contributed by atoms with Crippen LogP contribution >= 0.6 is 27.5 Å². The third-order valence-corrected chi connectivity index (χ3v) is 3.30. The van der Waals surface area contributed by atoms with Gasteiger partial charge < -0.3 is 0 Å². The van der Waals surface area contributed by atoms with Crippen LogP contribution in [0.15, 0.2) is 41.0 Å². The summed E-state index contributed by atoms with van der Waals surface area (Å²) in [5, 5.41) is 0.812. The van der Waals surface area contributed by atoms with Crippen molar-refractivity contribution in [3.8, 4) is 0 Å². The Morgan fingerprint density at radius 2 is 2.06 bits per heavy atom. The molecule has 0 saturated heterocycles. The Morgan fingerprint density at radius 3 is 2.75 bits per heavy atom. The molecule has 0 radical (unpaired) electrons. The molecule has 1 aromatic heterocycles. The summed E-state index contributed by atoms with van der Waals surface area (Å²) in [7, 11) is 0. The van der Waals surface area contributed by atoms with Gasteiger partial charge in [0.25, 0.3) is 0 Å². The number of hydrogen-bond acceptors (Lipinski definition) is 1. The van der Waals surface area contributed by atoms with Crippen LogP contribution in [-0.4, -0.2) is 4.98 Å². The molecule has 0 aliphatic heterocycles. The fourth-order valence-electron chi connectivity index (χ4n) is 1.50. The minimum absolute atomic E-state index is 0.805. The Morgan fingerprint density at radius 1 is 1.25 bits per heavy atom. The van der Waals surface area contributed by atoms with Crippen molar-refractivity contribution >= 4 is 27.5 Å². The molecule has 1 aromatic carbocycles. The Balaban J connectivity index is 2.24. The van der Waals surface area contributed by atoms with Gasteiger partial charge in [-0.15, -0.1) is 0 Å². The van der Waals surface area contributed by atoms with Crippen LogP contribution in [0.4, 0.5) is 0 Å². The number of benzene rings is 1. The van der Waals surface area contributed by atoms with E-state index in [1.165, 1.54) is 5.56 Å². The summed E-state index contributed by atoms with van der Waals surface area (Å²) in [5.41, 5.74) is 3.32. The summed E-state index contributed by atoms with van der Waals surface area (Å²) in [6, 6.07) is 10.1. The van der Waals surface area contributed by atoms with Crippen molar-refractivity contribution in [2.75, 3.05) is 0 Å². The number of halogens is 2. The first-order chi connectivity index (χ1) is 7.65. The first-order valence-corrected chi connectivity index (χ1v) is 6.18. The van der Waals surface area contributed by atoms with Crippen LogP contribution in [0.25, 0.3) is 0 Å². The maximum absolute atomic E-state index is 6.08. The second-order valence-electron chi connectivity index (χ2n) is 3.73. The number of aryl methyl sites for hydroxylation is 1. The Hall–Kier alpha value is -0.860. The molecule has 82 valence electrons. The maximum Gasteiger partial charge on any atom is 0.0458 e. The van der Waals surface area contributed by atoms with Gasteiger partial charge in [-0.25, -0.2) is 0 Å². The molecule has 2 rings (SSSR count). The molecule has 3 heteroatoms. The molecule has 0 bridgehead atoms. The van der Waals surface area contributed by atoms with Crippen LogP contribution in [0.5, 0.6) is 0 Å². The Kier molecular flexibility index (Phi) is 3.62. The van der Waals surface area contributed by atoms with Crippen LogP contribution < -0.4 is 0 Å². The molecule has 0 aliphatic rings.